The zero-order valence-corrected chi connectivity index (χ0v) is 12.0. The molecule has 1 aromatic heterocycles. The Labute approximate surface area is 115 Å². The smallest absolute Gasteiger partial charge is 0.137 e. The van der Waals surface area contributed by atoms with Crippen molar-refractivity contribution in [3.63, 3.8) is 0 Å². The summed E-state index contributed by atoms with van der Waals surface area (Å²) in [5.74, 6) is 0.769. The zero-order valence-electron chi connectivity index (χ0n) is 12.0. The summed E-state index contributed by atoms with van der Waals surface area (Å²) in [6.45, 7) is 4.41. The molecular formula is C14H24N2O3. The SMILES string of the molecule is CCC(NC)c1ccc(OCCOCCOC)cn1. The minimum Gasteiger partial charge on any atom is -0.490 e. The van der Waals surface area contributed by atoms with Crippen LogP contribution in [0.15, 0.2) is 18.3 Å². The van der Waals surface area contributed by atoms with E-state index in [9.17, 15) is 0 Å². The topological polar surface area (TPSA) is 52.6 Å². The lowest BCUT2D eigenvalue weighted by molar-refractivity contribution is 0.0543. The van der Waals surface area contributed by atoms with Crippen LogP contribution in [-0.4, -0.2) is 45.6 Å². The van der Waals surface area contributed by atoms with Crippen molar-refractivity contribution in [1.82, 2.24) is 10.3 Å². The van der Waals surface area contributed by atoms with E-state index in [0.717, 1.165) is 17.9 Å². The highest BCUT2D eigenvalue weighted by molar-refractivity contribution is 5.21. The predicted octanol–water partition coefficient (Wildman–Crippen LogP) is 1.79. The summed E-state index contributed by atoms with van der Waals surface area (Å²) in [5, 5.41) is 3.22. The molecule has 108 valence electrons. The molecule has 1 aromatic rings. The van der Waals surface area contributed by atoms with Crippen molar-refractivity contribution in [2.24, 2.45) is 0 Å². The first-order chi connectivity index (χ1) is 9.31. The van der Waals surface area contributed by atoms with Crippen molar-refractivity contribution in [2.45, 2.75) is 19.4 Å². The number of aromatic nitrogens is 1. The quantitative estimate of drug-likeness (QED) is 0.656. The second-order valence-corrected chi connectivity index (χ2v) is 4.12. The number of nitrogens with zero attached hydrogens (tertiary/aromatic N) is 1. The first kappa shape index (κ1) is 15.9. The van der Waals surface area contributed by atoms with Gasteiger partial charge in [0.05, 0.1) is 31.7 Å². The van der Waals surface area contributed by atoms with Crippen LogP contribution in [0.25, 0.3) is 0 Å². The molecule has 0 fully saturated rings. The fourth-order valence-electron chi connectivity index (χ4n) is 1.71. The van der Waals surface area contributed by atoms with Crippen molar-refractivity contribution in [3.8, 4) is 5.75 Å². The Morgan fingerprint density at radius 3 is 2.58 bits per heavy atom. The molecule has 5 heteroatoms. The predicted molar refractivity (Wildman–Crippen MR) is 74.5 cm³/mol. The first-order valence-corrected chi connectivity index (χ1v) is 6.64. The molecule has 0 aliphatic carbocycles. The minimum atomic E-state index is 0.298. The Hall–Kier alpha value is -1.17. The normalized spacial score (nSPS) is 12.4. The minimum absolute atomic E-state index is 0.298. The summed E-state index contributed by atoms with van der Waals surface area (Å²) < 4.78 is 15.7. The lowest BCUT2D eigenvalue weighted by Crippen LogP contribution is -2.16. The van der Waals surface area contributed by atoms with Crippen LogP contribution in [-0.2, 0) is 9.47 Å². The van der Waals surface area contributed by atoms with Crippen molar-refractivity contribution in [1.29, 1.82) is 0 Å². The van der Waals surface area contributed by atoms with Crippen LogP contribution in [0.1, 0.15) is 25.1 Å². The molecule has 0 aliphatic heterocycles. The van der Waals surface area contributed by atoms with Gasteiger partial charge in [0, 0.05) is 13.2 Å². The number of rotatable bonds is 10. The van der Waals surface area contributed by atoms with Gasteiger partial charge in [0.2, 0.25) is 0 Å². The Bertz CT molecular complexity index is 326. The number of methoxy groups -OCH3 is 1. The summed E-state index contributed by atoms with van der Waals surface area (Å²) >= 11 is 0. The van der Waals surface area contributed by atoms with E-state index in [1.165, 1.54) is 0 Å². The zero-order chi connectivity index (χ0) is 13.9. The monoisotopic (exact) mass is 268 g/mol. The van der Waals surface area contributed by atoms with Gasteiger partial charge >= 0.3 is 0 Å². The third kappa shape index (κ3) is 6.00. The van der Waals surface area contributed by atoms with Crippen molar-refractivity contribution in [3.05, 3.63) is 24.0 Å². The molecule has 0 aromatic carbocycles. The fraction of sp³-hybridized carbons (Fsp3) is 0.643. The van der Waals surface area contributed by atoms with Crippen LogP contribution in [0, 0.1) is 0 Å². The largest absolute Gasteiger partial charge is 0.490 e. The molecule has 1 unspecified atom stereocenters. The van der Waals surface area contributed by atoms with Crippen LogP contribution in [0.5, 0.6) is 5.75 Å². The highest BCUT2D eigenvalue weighted by Gasteiger charge is 2.07. The highest BCUT2D eigenvalue weighted by Crippen LogP contribution is 2.16. The average Bonchev–Trinajstić information content (AvgIpc) is 2.45. The summed E-state index contributed by atoms with van der Waals surface area (Å²) in [7, 11) is 3.60. The van der Waals surface area contributed by atoms with Crippen molar-refractivity contribution in [2.75, 3.05) is 40.6 Å². The number of pyridine rings is 1. The van der Waals surface area contributed by atoms with E-state index in [2.05, 4.69) is 17.2 Å². The van der Waals surface area contributed by atoms with Crippen LogP contribution < -0.4 is 10.1 Å². The molecule has 0 amide bonds. The van der Waals surface area contributed by atoms with Crippen LogP contribution in [0.4, 0.5) is 0 Å². The van der Waals surface area contributed by atoms with Crippen molar-refractivity contribution >= 4 is 0 Å². The molecule has 1 heterocycles. The number of hydrogen-bond acceptors (Lipinski definition) is 5. The van der Waals surface area contributed by atoms with E-state index in [-0.39, 0.29) is 0 Å². The highest BCUT2D eigenvalue weighted by atomic mass is 16.5. The molecule has 0 spiro atoms. The molecule has 0 bridgehead atoms. The summed E-state index contributed by atoms with van der Waals surface area (Å²) in [6.07, 6.45) is 2.77. The molecule has 1 atom stereocenters. The van der Waals surface area contributed by atoms with E-state index >= 15 is 0 Å². The Morgan fingerprint density at radius 1 is 1.21 bits per heavy atom. The third-order valence-electron chi connectivity index (χ3n) is 2.80. The van der Waals surface area contributed by atoms with Crippen LogP contribution in [0.2, 0.25) is 0 Å². The van der Waals surface area contributed by atoms with Crippen LogP contribution >= 0.6 is 0 Å². The van der Waals surface area contributed by atoms with Gasteiger partial charge in [0.25, 0.3) is 0 Å². The van der Waals surface area contributed by atoms with E-state index in [0.29, 0.717) is 32.5 Å². The Balaban J connectivity index is 2.28. The van der Waals surface area contributed by atoms with Gasteiger partial charge in [-0.3, -0.25) is 4.98 Å². The number of ether oxygens (including phenoxy) is 3. The van der Waals surface area contributed by atoms with Gasteiger partial charge in [-0.05, 0) is 25.6 Å². The molecule has 5 nitrogen and oxygen atoms in total. The van der Waals surface area contributed by atoms with Gasteiger partial charge in [-0.25, -0.2) is 0 Å². The lowest BCUT2D eigenvalue weighted by Gasteiger charge is -2.13. The average molecular weight is 268 g/mol. The molecule has 1 rings (SSSR count). The van der Waals surface area contributed by atoms with Gasteiger partial charge in [-0.2, -0.15) is 0 Å². The summed E-state index contributed by atoms with van der Waals surface area (Å²) in [4.78, 5) is 4.40. The molecular weight excluding hydrogens is 244 g/mol. The molecule has 1 N–H and O–H groups in total. The van der Waals surface area contributed by atoms with Gasteiger partial charge in [0.1, 0.15) is 12.4 Å². The Kier molecular flexibility index (Phi) is 8.13. The van der Waals surface area contributed by atoms with E-state index in [1.54, 1.807) is 13.3 Å². The maximum Gasteiger partial charge on any atom is 0.137 e. The van der Waals surface area contributed by atoms with E-state index in [4.69, 9.17) is 14.2 Å². The van der Waals surface area contributed by atoms with E-state index in [1.807, 2.05) is 19.2 Å². The Morgan fingerprint density at radius 2 is 2.00 bits per heavy atom. The fourth-order valence-corrected chi connectivity index (χ4v) is 1.71. The molecule has 0 saturated carbocycles. The number of nitrogens with one attached hydrogen (secondary N) is 1. The van der Waals surface area contributed by atoms with Crippen LogP contribution in [0.3, 0.4) is 0 Å². The van der Waals surface area contributed by atoms with E-state index < -0.39 is 0 Å². The first-order valence-electron chi connectivity index (χ1n) is 6.64. The lowest BCUT2D eigenvalue weighted by atomic mass is 10.1. The van der Waals surface area contributed by atoms with Gasteiger partial charge in [-0.1, -0.05) is 6.92 Å². The standard InChI is InChI=1S/C14H24N2O3/c1-4-13(15-2)14-6-5-12(11-16-14)19-10-9-18-8-7-17-3/h5-6,11,13,15H,4,7-10H2,1-3H3. The second-order valence-electron chi connectivity index (χ2n) is 4.12. The van der Waals surface area contributed by atoms with Gasteiger partial charge < -0.3 is 19.5 Å². The van der Waals surface area contributed by atoms with Gasteiger partial charge in [-0.15, -0.1) is 0 Å². The van der Waals surface area contributed by atoms with Gasteiger partial charge in [0.15, 0.2) is 0 Å². The summed E-state index contributed by atoms with van der Waals surface area (Å²) in [5.41, 5.74) is 1.04. The maximum atomic E-state index is 5.54. The second kappa shape index (κ2) is 9.72. The number of hydrogen-bond donors (Lipinski definition) is 1. The third-order valence-corrected chi connectivity index (χ3v) is 2.80. The molecule has 19 heavy (non-hydrogen) atoms. The molecule has 0 radical (unpaired) electrons. The summed E-state index contributed by atoms with van der Waals surface area (Å²) in [6, 6.07) is 4.23. The maximum absolute atomic E-state index is 5.54. The van der Waals surface area contributed by atoms with Crippen molar-refractivity contribution < 1.29 is 14.2 Å². The molecule has 0 aliphatic rings. The molecule has 0 saturated heterocycles.